The fraction of sp³-hybridized carbons (Fsp3) is 0.280. The number of nitrogens with zero attached hydrogens (tertiary/aromatic N) is 4. The molecule has 0 saturated carbocycles. The van der Waals surface area contributed by atoms with Gasteiger partial charge in [0.1, 0.15) is 35.7 Å². The number of nitrogens with one attached hydrogen (secondary N) is 1. The molecular formula is C25H21N5O7. The van der Waals surface area contributed by atoms with Gasteiger partial charge in [-0.05, 0) is 24.3 Å². The van der Waals surface area contributed by atoms with Gasteiger partial charge in [-0.15, -0.1) is 0 Å². The Balaban J connectivity index is 1.71. The number of fused-ring (bicyclic) bond motifs is 10. The van der Waals surface area contributed by atoms with Crippen molar-refractivity contribution >= 4 is 55.7 Å². The van der Waals surface area contributed by atoms with Crippen LogP contribution in [0.2, 0.25) is 0 Å². The van der Waals surface area contributed by atoms with Gasteiger partial charge < -0.3 is 30.1 Å². The molecular weight excluding hydrogens is 482 g/mol. The van der Waals surface area contributed by atoms with Gasteiger partial charge in [0.05, 0.1) is 28.8 Å². The summed E-state index contributed by atoms with van der Waals surface area (Å²) in [6.07, 6.45) is -4.11. The summed E-state index contributed by atoms with van der Waals surface area (Å²) >= 11 is 0. The Kier molecular flexibility index (Phi) is 4.54. The van der Waals surface area contributed by atoms with Gasteiger partial charge in [0.15, 0.2) is 6.23 Å². The minimum Gasteiger partial charge on any atom is -0.394 e. The van der Waals surface area contributed by atoms with Crippen molar-refractivity contribution in [1.29, 1.82) is 0 Å². The van der Waals surface area contributed by atoms with Crippen LogP contribution in [0.5, 0.6) is 0 Å². The molecule has 0 spiro atoms. The molecule has 1 aromatic carbocycles. The Morgan fingerprint density at radius 1 is 0.946 bits per heavy atom. The summed E-state index contributed by atoms with van der Waals surface area (Å²) in [6.45, 7) is -0.606. The first-order chi connectivity index (χ1) is 17.8. The largest absolute Gasteiger partial charge is 0.394 e. The number of carbonyl (C=O) groups excluding carboxylic acids is 2. The highest BCUT2D eigenvalue weighted by Gasteiger charge is 2.47. The van der Waals surface area contributed by atoms with Crippen LogP contribution in [0.3, 0.4) is 0 Å². The van der Waals surface area contributed by atoms with E-state index in [2.05, 4.69) is 15.0 Å². The molecule has 5 N–H and O–H groups in total. The fourth-order valence-electron chi connectivity index (χ4n) is 5.74. The highest BCUT2D eigenvalue weighted by Crippen LogP contribution is 2.46. The van der Waals surface area contributed by atoms with Crippen molar-refractivity contribution < 1.29 is 34.8 Å². The Bertz CT molecular complexity index is 1790. The molecule has 1 fully saturated rings. The summed E-state index contributed by atoms with van der Waals surface area (Å²) in [7, 11) is 1.42. The van der Waals surface area contributed by atoms with E-state index < -0.39 is 49.1 Å². The van der Waals surface area contributed by atoms with E-state index in [1.165, 1.54) is 13.2 Å². The zero-order valence-electron chi connectivity index (χ0n) is 19.4. The topological polar surface area (TPSA) is 174 Å². The molecule has 0 bridgehead atoms. The molecule has 188 valence electrons. The lowest BCUT2D eigenvalue weighted by molar-refractivity contribution is -0.249. The Morgan fingerprint density at radius 2 is 1.62 bits per heavy atom. The third kappa shape index (κ3) is 2.68. The number of aromatic amines is 1. The number of amides is 2. The van der Waals surface area contributed by atoms with Crippen molar-refractivity contribution in [3.8, 4) is 0 Å². The second-order valence-corrected chi connectivity index (χ2v) is 9.38. The monoisotopic (exact) mass is 503 g/mol. The Labute approximate surface area is 207 Å². The molecule has 4 aromatic heterocycles. The number of pyridine rings is 2. The SMILES string of the molecule is CN1C(=O)c2c(c3c4cccnc4n(C4O[C@H](CO)[C@@H](O)[C@H](O)[C@H]4O)c3c3[nH]c4ncccc4c23)C1=O. The van der Waals surface area contributed by atoms with E-state index in [0.717, 1.165) is 4.90 Å². The summed E-state index contributed by atoms with van der Waals surface area (Å²) in [4.78, 5) is 40.0. The van der Waals surface area contributed by atoms with Crippen LogP contribution in [0, 0.1) is 0 Å². The predicted octanol–water partition coefficient (Wildman–Crippen LogP) is 0.417. The number of aliphatic hydroxyl groups is 4. The predicted molar refractivity (Wildman–Crippen MR) is 130 cm³/mol. The van der Waals surface area contributed by atoms with Crippen LogP contribution < -0.4 is 0 Å². The van der Waals surface area contributed by atoms with E-state index in [0.29, 0.717) is 43.9 Å². The summed E-state index contributed by atoms with van der Waals surface area (Å²) in [5, 5.41) is 43.8. The molecule has 12 nitrogen and oxygen atoms in total. The molecule has 0 aliphatic carbocycles. The van der Waals surface area contributed by atoms with Gasteiger partial charge in [-0.1, -0.05) is 0 Å². The van der Waals surface area contributed by atoms with E-state index in [1.807, 2.05) is 0 Å². The molecule has 6 heterocycles. The van der Waals surface area contributed by atoms with Crippen LogP contribution in [0.4, 0.5) is 0 Å². The number of hydrogen-bond acceptors (Lipinski definition) is 9. The zero-order valence-corrected chi connectivity index (χ0v) is 19.4. The second-order valence-electron chi connectivity index (χ2n) is 9.38. The maximum absolute atomic E-state index is 13.5. The molecule has 12 heteroatoms. The number of H-pyrrole nitrogens is 1. The maximum Gasteiger partial charge on any atom is 0.262 e. The summed E-state index contributed by atoms with van der Waals surface area (Å²) in [5.41, 5.74) is 2.11. The van der Waals surface area contributed by atoms with Gasteiger partial charge in [0, 0.05) is 41.0 Å². The van der Waals surface area contributed by atoms with Gasteiger partial charge in [-0.2, -0.15) is 0 Å². The lowest BCUT2D eigenvalue weighted by Gasteiger charge is -2.40. The van der Waals surface area contributed by atoms with Crippen LogP contribution in [0.1, 0.15) is 26.9 Å². The molecule has 2 amide bonds. The molecule has 7 rings (SSSR count). The molecule has 1 unspecified atom stereocenters. The third-order valence-electron chi connectivity index (χ3n) is 7.48. The van der Waals surface area contributed by atoms with E-state index in [1.54, 1.807) is 35.0 Å². The fourth-order valence-corrected chi connectivity index (χ4v) is 5.74. The van der Waals surface area contributed by atoms with Gasteiger partial charge in [0.2, 0.25) is 0 Å². The van der Waals surface area contributed by atoms with Crippen molar-refractivity contribution in [2.45, 2.75) is 30.6 Å². The minimum atomic E-state index is -1.63. The van der Waals surface area contributed by atoms with Crippen LogP contribution in [-0.4, -0.2) is 94.7 Å². The molecule has 5 aromatic rings. The Hall–Kier alpha value is -3.94. The number of aliphatic hydroxyl groups excluding tert-OH is 4. The number of imide groups is 1. The summed E-state index contributed by atoms with van der Waals surface area (Å²) in [5.74, 6) is -0.934. The van der Waals surface area contributed by atoms with Crippen LogP contribution in [-0.2, 0) is 4.74 Å². The van der Waals surface area contributed by atoms with Gasteiger partial charge >= 0.3 is 0 Å². The average Bonchev–Trinajstić information content (AvgIpc) is 3.53. The highest BCUT2D eigenvalue weighted by molar-refractivity contribution is 6.38. The van der Waals surface area contributed by atoms with Gasteiger partial charge in [-0.3, -0.25) is 19.1 Å². The van der Waals surface area contributed by atoms with Crippen LogP contribution in [0.15, 0.2) is 36.7 Å². The third-order valence-corrected chi connectivity index (χ3v) is 7.48. The maximum atomic E-state index is 13.5. The quantitative estimate of drug-likeness (QED) is 0.214. The first kappa shape index (κ1) is 22.3. The van der Waals surface area contributed by atoms with Gasteiger partial charge in [0.25, 0.3) is 11.8 Å². The Morgan fingerprint density at radius 3 is 2.35 bits per heavy atom. The van der Waals surface area contributed by atoms with E-state index >= 15 is 0 Å². The molecule has 37 heavy (non-hydrogen) atoms. The van der Waals surface area contributed by atoms with Crippen LogP contribution in [0.25, 0.3) is 43.9 Å². The van der Waals surface area contributed by atoms with E-state index in [4.69, 9.17) is 4.74 Å². The summed E-state index contributed by atoms with van der Waals surface area (Å²) < 4.78 is 7.47. The summed E-state index contributed by atoms with van der Waals surface area (Å²) in [6, 6.07) is 6.95. The van der Waals surface area contributed by atoms with Crippen molar-refractivity contribution in [1.82, 2.24) is 24.4 Å². The van der Waals surface area contributed by atoms with E-state index in [9.17, 15) is 30.0 Å². The smallest absolute Gasteiger partial charge is 0.262 e. The molecule has 5 atom stereocenters. The van der Waals surface area contributed by atoms with Crippen molar-refractivity contribution in [2.75, 3.05) is 13.7 Å². The lowest BCUT2D eigenvalue weighted by Crippen LogP contribution is -2.56. The van der Waals surface area contributed by atoms with Crippen molar-refractivity contribution in [3.05, 3.63) is 47.8 Å². The van der Waals surface area contributed by atoms with Crippen molar-refractivity contribution in [3.63, 3.8) is 0 Å². The lowest BCUT2D eigenvalue weighted by atomic mass is 9.96. The van der Waals surface area contributed by atoms with E-state index in [-0.39, 0.29) is 11.1 Å². The zero-order chi connectivity index (χ0) is 25.7. The number of carbonyl (C=O) groups is 2. The number of aromatic nitrogens is 4. The first-order valence-electron chi connectivity index (χ1n) is 11.7. The van der Waals surface area contributed by atoms with Crippen LogP contribution >= 0.6 is 0 Å². The standard InChI is InChI=1S/C25H21N5O7/c1-29-23(35)14-12-9-4-2-6-26-21(9)28-16(12)17-13(15(14)24(29)36)10-5-3-7-27-22(10)30(17)25-20(34)19(33)18(32)11(8-31)37-25/h2-7,11,18-20,25,31-34H,8H2,1H3,(H,26,28)/t11-,18-,19+,20-,25?/m1/s1. The number of hydrogen-bond donors (Lipinski definition) is 5. The van der Waals surface area contributed by atoms with Gasteiger partial charge in [-0.25, -0.2) is 9.97 Å². The average molecular weight is 503 g/mol. The van der Waals surface area contributed by atoms with Crippen molar-refractivity contribution in [2.24, 2.45) is 0 Å². The highest BCUT2D eigenvalue weighted by atomic mass is 16.6. The number of rotatable bonds is 2. The molecule has 2 aliphatic heterocycles. The minimum absolute atomic E-state index is 0.195. The number of ether oxygens (including phenoxy) is 1. The second kappa shape index (κ2) is 7.54. The first-order valence-corrected chi connectivity index (χ1v) is 11.7. The normalized spacial score (nSPS) is 26.3. The molecule has 1 saturated heterocycles. The molecule has 0 radical (unpaired) electrons. The number of benzene rings is 1. The molecule has 2 aliphatic rings.